The molecule has 0 unspecified atom stereocenters. The zero-order valence-corrected chi connectivity index (χ0v) is 14.5. The van der Waals surface area contributed by atoms with E-state index in [9.17, 15) is 4.79 Å². The van der Waals surface area contributed by atoms with Gasteiger partial charge in [-0.2, -0.15) is 0 Å². The van der Waals surface area contributed by atoms with Crippen LogP contribution >= 0.6 is 0 Å². The monoisotopic (exact) mass is 334 g/mol. The molecule has 0 aliphatic rings. The quantitative estimate of drug-likeness (QED) is 0.688. The van der Waals surface area contributed by atoms with Crippen LogP contribution in [-0.2, 0) is 4.79 Å². The summed E-state index contributed by atoms with van der Waals surface area (Å²) in [5, 5.41) is 8.23. The molecule has 1 amide bonds. The van der Waals surface area contributed by atoms with Crippen molar-refractivity contribution in [2.45, 2.75) is 20.0 Å². The highest BCUT2D eigenvalue weighted by Crippen LogP contribution is 2.23. The molecule has 0 aliphatic carbocycles. The van der Waals surface area contributed by atoms with Gasteiger partial charge in [-0.1, -0.05) is 36.4 Å². The van der Waals surface area contributed by atoms with Crippen molar-refractivity contribution >= 4 is 28.1 Å². The lowest BCUT2D eigenvalue weighted by molar-refractivity contribution is -0.114. The minimum absolute atomic E-state index is 0.0844. The van der Waals surface area contributed by atoms with Crippen molar-refractivity contribution in [3.8, 4) is 5.75 Å². The maximum absolute atomic E-state index is 12.2. The third-order valence-electron chi connectivity index (χ3n) is 3.74. The lowest BCUT2D eigenvalue weighted by atomic mass is 10.1. The lowest BCUT2D eigenvalue weighted by Crippen LogP contribution is -2.21. The lowest BCUT2D eigenvalue weighted by Gasteiger charge is -2.12. The minimum Gasteiger partial charge on any atom is -0.491 e. The number of fused-ring (bicyclic) bond motifs is 1. The highest BCUT2D eigenvalue weighted by molar-refractivity contribution is 6.03. The number of ether oxygens (including phenoxy) is 1. The van der Waals surface area contributed by atoms with Crippen molar-refractivity contribution in [2.75, 3.05) is 17.2 Å². The largest absolute Gasteiger partial charge is 0.491 e. The molecule has 0 aliphatic heterocycles. The van der Waals surface area contributed by atoms with E-state index in [0.717, 1.165) is 27.9 Å². The molecule has 4 heteroatoms. The number of carbonyl (C=O) groups is 1. The second-order valence-corrected chi connectivity index (χ2v) is 6.12. The van der Waals surface area contributed by atoms with Gasteiger partial charge in [0, 0.05) is 16.8 Å². The van der Waals surface area contributed by atoms with Gasteiger partial charge in [0.25, 0.3) is 0 Å². The van der Waals surface area contributed by atoms with Crippen molar-refractivity contribution < 1.29 is 9.53 Å². The molecular weight excluding hydrogens is 312 g/mol. The van der Waals surface area contributed by atoms with Gasteiger partial charge in [0.15, 0.2) is 0 Å². The Labute approximate surface area is 147 Å². The molecule has 3 rings (SSSR count). The molecule has 4 nitrogen and oxygen atoms in total. The van der Waals surface area contributed by atoms with E-state index in [0.29, 0.717) is 0 Å². The summed E-state index contributed by atoms with van der Waals surface area (Å²) in [5.41, 5.74) is 1.70. The Bertz CT molecular complexity index is 852. The average Bonchev–Trinajstić information content (AvgIpc) is 2.61. The second kappa shape index (κ2) is 7.71. The van der Waals surface area contributed by atoms with E-state index in [4.69, 9.17) is 4.74 Å². The number of anilines is 2. The first kappa shape index (κ1) is 16.8. The Kier molecular flexibility index (Phi) is 5.19. The Morgan fingerprint density at radius 1 is 0.960 bits per heavy atom. The Morgan fingerprint density at radius 2 is 1.68 bits per heavy atom. The SMILES string of the molecule is CC(C)Oc1ccc(NCC(=O)Nc2cccc3ccccc23)cc1. The number of amides is 1. The van der Waals surface area contributed by atoms with E-state index in [2.05, 4.69) is 10.6 Å². The van der Waals surface area contributed by atoms with E-state index in [1.807, 2.05) is 80.6 Å². The fraction of sp³-hybridized carbons (Fsp3) is 0.190. The fourth-order valence-electron chi connectivity index (χ4n) is 2.63. The van der Waals surface area contributed by atoms with Crippen molar-refractivity contribution in [3.05, 3.63) is 66.7 Å². The van der Waals surface area contributed by atoms with E-state index in [1.165, 1.54) is 0 Å². The molecule has 3 aromatic rings. The van der Waals surface area contributed by atoms with Crippen LogP contribution in [0.4, 0.5) is 11.4 Å². The van der Waals surface area contributed by atoms with Crippen molar-refractivity contribution in [1.82, 2.24) is 0 Å². The topological polar surface area (TPSA) is 50.4 Å². The molecule has 0 aromatic heterocycles. The van der Waals surface area contributed by atoms with Gasteiger partial charge in [-0.3, -0.25) is 4.79 Å². The van der Waals surface area contributed by atoms with Gasteiger partial charge in [0.2, 0.25) is 5.91 Å². The maximum Gasteiger partial charge on any atom is 0.243 e. The molecule has 0 heterocycles. The van der Waals surface area contributed by atoms with Gasteiger partial charge in [0.1, 0.15) is 5.75 Å². The predicted molar refractivity (Wildman–Crippen MR) is 103 cm³/mol. The summed E-state index contributed by atoms with van der Waals surface area (Å²) in [4.78, 5) is 12.2. The Hall–Kier alpha value is -3.01. The summed E-state index contributed by atoms with van der Waals surface area (Å²) in [6.45, 7) is 4.18. The van der Waals surface area contributed by atoms with Crippen LogP contribution in [0, 0.1) is 0 Å². The number of rotatable bonds is 6. The highest BCUT2D eigenvalue weighted by atomic mass is 16.5. The summed E-state index contributed by atoms with van der Waals surface area (Å²) in [5.74, 6) is 0.736. The molecular formula is C21H22N2O2. The summed E-state index contributed by atoms with van der Waals surface area (Å²) in [7, 11) is 0. The summed E-state index contributed by atoms with van der Waals surface area (Å²) in [6, 6.07) is 21.5. The number of hydrogen-bond acceptors (Lipinski definition) is 3. The van der Waals surface area contributed by atoms with Crippen LogP contribution < -0.4 is 15.4 Å². The minimum atomic E-state index is -0.0844. The average molecular weight is 334 g/mol. The van der Waals surface area contributed by atoms with Crippen LogP contribution in [0.15, 0.2) is 66.7 Å². The van der Waals surface area contributed by atoms with Gasteiger partial charge in [-0.15, -0.1) is 0 Å². The van der Waals surface area contributed by atoms with E-state index in [1.54, 1.807) is 0 Å². The fourth-order valence-corrected chi connectivity index (χ4v) is 2.63. The predicted octanol–water partition coefficient (Wildman–Crippen LogP) is 4.68. The first-order valence-electron chi connectivity index (χ1n) is 8.40. The van der Waals surface area contributed by atoms with Crippen molar-refractivity contribution in [3.63, 3.8) is 0 Å². The van der Waals surface area contributed by atoms with Crippen LogP contribution in [0.5, 0.6) is 5.75 Å². The molecule has 0 fully saturated rings. The van der Waals surface area contributed by atoms with Gasteiger partial charge < -0.3 is 15.4 Å². The molecule has 0 spiro atoms. The van der Waals surface area contributed by atoms with Gasteiger partial charge >= 0.3 is 0 Å². The van der Waals surface area contributed by atoms with Crippen molar-refractivity contribution in [1.29, 1.82) is 0 Å². The van der Waals surface area contributed by atoms with Crippen LogP contribution in [0.25, 0.3) is 10.8 Å². The summed E-state index contributed by atoms with van der Waals surface area (Å²) >= 11 is 0. The molecule has 0 saturated heterocycles. The van der Waals surface area contributed by atoms with Crippen LogP contribution in [0.3, 0.4) is 0 Å². The van der Waals surface area contributed by atoms with Crippen molar-refractivity contribution in [2.24, 2.45) is 0 Å². The number of hydrogen-bond donors (Lipinski definition) is 2. The Balaban J connectivity index is 1.59. The molecule has 0 saturated carbocycles. The maximum atomic E-state index is 12.2. The zero-order chi connectivity index (χ0) is 17.6. The molecule has 3 aromatic carbocycles. The van der Waals surface area contributed by atoms with Crippen LogP contribution in [0.1, 0.15) is 13.8 Å². The van der Waals surface area contributed by atoms with Crippen LogP contribution in [0.2, 0.25) is 0 Å². The third kappa shape index (κ3) is 4.51. The molecule has 2 N–H and O–H groups in total. The number of carbonyl (C=O) groups excluding carboxylic acids is 1. The molecule has 0 bridgehead atoms. The number of benzene rings is 3. The molecule has 0 radical (unpaired) electrons. The number of nitrogens with one attached hydrogen (secondary N) is 2. The van der Waals surface area contributed by atoms with E-state index < -0.39 is 0 Å². The second-order valence-electron chi connectivity index (χ2n) is 6.12. The highest BCUT2D eigenvalue weighted by Gasteiger charge is 2.06. The summed E-state index contributed by atoms with van der Waals surface area (Å²) < 4.78 is 5.61. The smallest absolute Gasteiger partial charge is 0.243 e. The molecule has 25 heavy (non-hydrogen) atoms. The summed E-state index contributed by atoms with van der Waals surface area (Å²) in [6.07, 6.45) is 0.144. The normalized spacial score (nSPS) is 10.7. The Morgan fingerprint density at radius 3 is 2.44 bits per heavy atom. The zero-order valence-electron chi connectivity index (χ0n) is 14.5. The van der Waals surface area contributed by atoms with Gasteiger partial charge in [0.05, 0.1) is 12.6 Å². The third-order valence-corrected chi connectivity index (χ3v) is 3.74. The van der Waals surface area contributed by atoms with Crippen LogP contribution in [-0.4, -0.2) is 18.6 Å². The van der Waals surface area contributed by atoms with E-state index >= 15 is 0 Å². The first-order chi connectivity index (χ1) is 12.1. The molecule has 0 atom stereocenters. The standard InChI is InChI=1S/C21H22N2O2/c1-15(2)25-18-12-10-17(11-13-18)22-14-21(24)23-20-9-5-7-16-6-3-4-8-19(16)20/h3-13,15,22H,14H2,1-2H3,(H,23,24). The van der Waals surface area contributed by atoms with Gasteiger partial charge in [-0.05, 0) is 49.6 Å². The van der Waals surface area contributed by atoms with Gasteiger partial charge in [-0.25, -0.2) is 0 Å². The molecule has 128 valence electrons. The van der Waals surface area contributed by atoms with E-state index in [-0.39, 0.29) is 18.6 Å². The first-order valence-corrected chi connectivity index (χ1v) is 8.40.